The van der Waals surface area contributed by atoms with E-state index in [4.69, 9.17) is 15.5 Å². The van der Waals surface area contributed by atoms with Crippen molar-refractivity contribution in [3.8, 4) is 11.4 Å². The quantitative estimate of drug-likeness (QED) is 0.135. The average Bonchev–Trinajstić information content (AvgIpc) is 3.58. The predicted octanol–water partition coefficient (Wildman–Crippen LogP) is 1.24. The first-order chi connectivity index (χ1) is 18.8. The van der Waals surface area contributed by atoms with Crippen molar-refractivity contribution in [1.82, 2.24) is 24.9 Å². The first-order valence-electron chi connectivity index (χ1n) is 12.5. The van der Waals surface area contributed by atoms with E-state index in [0.29, 0.717) is 22.5 Å². The van der Waals surface area contributed by atoms with Crippen LogP contribution in [0.5, 0.6) is 0 Å². The number of carbonyl (C=O) groups is 2. The Kier molecular flexibility index (Phi) is 7.00. The molecule has 40 heavy (non-hydrogen) atoms. The Morgan fingerprint density at radius 3 is 2.90 bits per heavy atom. The van der Waals surface area contributed by atoms with Crippen molar-refractivity contribution in [1.29, 1.82) is 0 Å². The van der Waals surface area contributed by atoms with E-state index in [2.05, 4.69) is 20.5 Å². The van der Waals surface area contributed by atoms with Crippen LogP contribution >= 0.6 is 12.4 Å². The van der Waals surface area contributed by atoms with Crippen molar-refractivity contribution < 1.29 is 19.4 Å². The Bertz CT molecular complexity index is 1730. The van der Waals surface area contributed by atoms with E-state index in [0.717, 1.165) is 16.6 Å². The number of hydrazone groups is 1. The first kappa shape index (κ1) is 27.2. The van der Waals surface area contributed by atoms with Crippen molar-refractivity contribution in [3.63, 3.8) is 0 Å². The van der Waals surface area contributed by atoms with Gasteiger partial charge in [0.2, 0.25) is 0 Å². The monoisotopic (exact) mass is 563 g/mol. The lowest BCUT2D eigenvalue weighted by atomic mass is 9.86. The fourth-order valence-corrected chi connectivity index (χ4v) is 5.18. The summed E-state index contributed by atoms with van der Waals surface area (Å²) in [7, 11) is 0. The number of aromatic nitrogens is 4. The lowest BCUT2D eigenvalue weighted by Crippen LogP contribution is -2.44. The van der Waals surface area contributed by atoms with Gasteiger partial charge in [-0.05, 0) is 18.6 Å². The average molecular weight is 564 g/mol. The molecule has 1 amide bonds. The minimum Gasteiger partial charge on any atom is -0.458 e. The number of pyridine rings is 2. The van der Waals surface area contributed by atoms with Gasteiger partial charge in [-0.25, -0.2) is 20.2 Å². The summed E-state index contributed by atoms with van der Waals surface area (Å²) >= 11 is 0. The van der Waals surface area contributed by atoms with Gasteiger partial charge in [0.15, 0.2) is 5.60 Å². The highest BCUT2D eigenvalue weighted by molar-refractivity contribution is 6.02. The van der Waals surface area contributed by atoms with Gasteiger partial charge in [-0.3, -0.25) is 9.59 Å². The molecule has 0 spiro atoms. The van der Waals surface area contributed by atoms with Crippen LogP contribution < -0.4 is 16.7 Å². The van der Waals surface area contributed by atoms with Crippen LogP contribution in [0, 0.1) is 0 Å². The van der Waals surface area contributed by atoms with Crippen molar-refractivity contribution in [2.24, 2.45) is 10.8 Å². The smallest absolute Gasteiger partial charge is 0.343 e. The number of para-hydroxylation sites is 1. The first-order valence-corrected chi connectivity index (χ1v) is 12.5. The molecule has 0 aliphatic carbocycles. The lowest BCUT2D eigenvalue weighted by Gasteiger charge is -2.31. The van der Waals surface area contributed by atoms with Gasteiger partial charge in [-0.15, -0.1) is 12.4 Å². The van der Waals surface area contributed by atoms with E-state index < -0.39 is 23.5 Å². The fourth-order valence-electron chi connectivity index (χ4n) is 5.18. The van der Waals surface area contributed by atoms with Gasteiger partial charge in [0.25, 0.3) is 11.5 Å². The summed E-state index contributed by atoms with van der Waals surface area (Å²) in [6.07, 6.45) is 4.97. The molecule has 0 bridgehead atoms. The van der Waals surface area contributed by atoms with Crippen LogP contribution in [-0.2, 0) is 39.5 Å². The Morgan fingerprint density at radius 2 is 2.15 bits per heavy atom. The number of amides is 1. The van der Waals surface area contributed by atoms with E-state index in [9.17, 15) is 19.5 Å². The number of nitrogens with zero attached hydrogens (tertiary/aromatic N) is 4. The van der Waals surface area contributed by atoms with Crippen LogP contribution in [0.1, 0.15) is 41.3 Å². The van der Waals surface area contributed by atoms with Gasteiger partial charge < -0.3 is 25.1 Å². The largest absolute Gasteiger partial charge is 0.458 e. The Balaban J connectivity index is 0.00000323. The maximum Gasteiger partial charge on any atom is 0.343 e. The number of aliphatic hydroxyl groups is 1. The number of esters is 1. The second-order valence-corrected chi connectivity index (χ2v) is 9.59. The number of imidazole rings is 1. The van der Waals surface area contributed by atoms with Gasteiger partial charge in [0.1, 0.15) is 6.61 Å². The summed E-state index contributed by atoms with van der Waals surface area (Å²) < 4.78 is 6.70. The standard InChI is InChI=1S/C27H25N7O5.ClH/c1-2-27(38)19-8-22-23-17(11-34(22)25(36)18(19)12-39-26(27)37)16(15-5-3-4-6-21(15)32-23)10-31-33-24(35)20(28)7-14-9-29-13-30-14;/h3-6,8-10,13,20,38H,2,7,11-12,28H2,1H3,(H,29,30)(H,33,35);1H/t20?,27-;/m0./s1. The molecule has 5 heterocycles. The topological polar surface area (TPSA) is 178 Å². The number of nitrogens with one attached hydrogen (secondary N) is 2. The fraction of sp³-hybridized carbons (Fsp3) is 0.259. The molecule has 3 aromatic heterocycles. The zero-order chi connectivity index (χ0) is 27.3. The van der Waals surface area contributed by atoms with Gasteiger partial charge >= 0.3 is 5.97 Å². The van der Waals surface area contributed by atoms with Crippen molar-refractivity contribution in [2.75, 3.05) is 0 Å². The number of rotatable bonds is 6. The number of H-pyrrole nitrogens is 1. The van der Waals surface area contributed by atoms with E-state index in [1.807, 2.05) is 24.3 Å². The summed E-state index contributed by atoms with van der Waals surface area (Å²) in [5, 5.41) is 16.1. The molecule has 2 aliphatic heterocycles. The molecule has 2 atom stereocenters. The summed E-state index contributed by atoms with van der Waals surface area (Å²) in [5.74, 6) is -1.24. The zero-order valence-corrected chi connectivity index (χ0v) is 22.2. The number of benzene rings is 1. The summed E-state index contributed by atoms with van der Waals surface area (Å²) in [5.41, 5.74) is 10.5. The third-order valence-electron chi connectivity index (χ3n) is 7.34. The SMILES string of the molecule is CC[C@@]1(O)C(=O)OCc2c1cc1n(c2=O)Cc2c-1nc1ccccc1c2C=NNC(=O)C(N)Cc1cnc[nH]1.Cl. The molecule has 1 unspecified atom stereocenters. The van der Waals surface area contributed by atoms with Crippen molar-refractivity contribution in [3.05, 3.63) is 81.2 Å². The highest BCUT2D eigenvalue weighted by Gasteiger charge is 2.45. The number of ether oxygens (including phenoxy) is 1. The van der Waals surface area contributed by atoms with Gasteiger partial charge in [-0.2, -0.15) is 5.10 Å². The number of hydrogen-bond donors (Lipinski definition) is 4. The Hall–Kier alpha value is -4.39. The van der Waals surface area contributed by atoms with E-state index in [-0.39, 0.29) is 55.1 Å². The van der Waals surface area contributed by atoms with Crippen molar-refractivity contribution >= 4 is 41.4 Å². The molecule has 0 radical (unpaired) electrons. The van der Waals surface area contributed by atoms with Crippen LogP contribution in [0.15, 0.2) is 52.8 Å². The van der Waals surface area contributed by atoms with Gasteiger partial charge in [0, 0.05) is 40.4 Å². The molecule has 0 fully saturated rings. The molecule has 4 aromatic rings. The van der Waals surface area contributed by atoms with Crippen LogP contribution in [-0.4, -0.2) is 48.8 Å². The maximum atomic E-state index is 13.5. The lowest BCUT2D eigenvalue weighted by molar-refractivity contribution is -0.172. The minimum absolute atomic E-state index is 0. The van der Waals surface area contributed by atoms with E-state index in [1.54, 1.807) is 23.8 Å². The molecule has 206 valence electrons. The Labute approximate surface area is 233 Å². The number of hydrogen-bond acceptors (Lipinski definition) is 9. The third-order valence-corrected chi connectivity index (χ3v) is 7.34. The van der Waals surface area contributed by atoms with Crippen LogP contribution in [0.4, 0.5) is 0 Å². The summed E-state index contributed by atoms with van der Waals surface area (Å²) in [4.78, 5) is 50.2. The highest BCUT2D eigenvalue weighted by Crippen LogP contribution is 2.39. The molecule has 2 aliphatic rings. The molecule has 5 N–H and O–H groups in total. The number of fused-ring (bicyclic) bond motifs is 5. The second-order valence-electron chi connectivity index (χ2n) is 9.59. The van der Waals surface area contributed by atoms with Crippen molar-refractivity contribution in [2.45, 2.75) is 44.6 Å². The number of aromatic amines is 1. The summed E-state index contributed by atoms with van der Waals surface area (Å²) in [6, 6.07) is 8.26. The molecule has 1 aromatic carbocycles. The molecular weight excluding hydrogens is 538 g/mol. The maximum absolute atomic E-state index is 13.5. The number of cyclic esters (lactones) is 1. The molecular formula is C27H26ClN7O5. The molecule has 0 saturated carbocycles. The predicted molar refractivity (Wildman–Crippen MR) is 148 cm³/mol. The Morgan fingerprint density at radius 1 is 1.35 bits per heavy atom. The van der Waals surface area contributed by atoms with Gasteiger partial charge in [-0.1, -0.05) is 25.1 Å². The van der Waals surface area contributed by atoms with E-state index >= 15 is 0 Å². The molecule has 0 saturated heterocycles. The molecule has 13 heteroatoms. The molecule has 12 nitrogen and oxygen atoms in total. The van der Waals surface area contributed by atoms with Crippen LogP contribution in [0.3, 0.4) is 0 Å². The van der Waals surface area contributed by atoms with E-state index in [1.165, 1.54) is 12.5 Å². The number of carbonyl (C=O) groups excluding carboxylic acids is 2. The van der Waals surface area contributed by atoms with Crippen LogP contribution in [0.25, 0.3) is 22.3 Å². The molecule has 6 rings (SSSR count). The number of nitrogens with two attached hydrogens (primary N) is 1. The normalized spacial score (nSPS) is 18.0. The van der Waals surface area contributed by atoms with Gasteiger partial charge in [0.05, 0.1) is 47.6 Å². The third kappa shape index (κ3) is 4.26. The zero-order valence-electron chi connectivity index (χ0n) is 21.4. The summed E-state index contributed by atoms with van der Waals surface area (Å²) in [6.45, 7) is 1.65. The highest BCUT2D eigenvalue weighted by atomic mass is 35.5. The van der Waals surface area contributed by atoms with Crippen LogP contribution in [0.2, 0.25) is 0 Å². The minimum atomic E-state index is -1.91. The number of halogens is 1. The second kappa shape index (κ2) is 10.3.